The van der Waals surface area contributed by atoms with E-state index in [4.69, 9.17) is 4.74 Å². The van der Waals surface area contributed by atoms with Gasteiger partial charge in [0.2, 0.25) is 0 Å². The summed E-state index contributed by atoms with van der Waals surface area (Å²) >= 11 is 0. The zero-order chi connectivity index (χ0) is 16.2. The van der Waals surface area contributed by atoms with Crippen molar-refractivity contribution in [1.29, 1.82) is 0 Å². The van der Waals surface area contributed by atoms with Crippen molar-refractivity contribution in [3.63, 3.8) is 0 Å². The fourth-order valence-electron chi connectivity index (χ4n) is 3.90. The maximum atomic E-state index is 9.45. The van der Waals surface area contributed by atoms with Crippen LogP contribution in [-0.2, 0) is 6.54 Å². The van der Waals surface area contributed by atoms with Crippen molar-refractivity contribution in [1.82, 2.24) is 9.80 Å². The number of aryl methyl sites for hydroxylation is 1. The van der Waals surface area contributed by atoms with Gasteiger partial charge in [-0.1, -0.05) is 18.6 Å². The number of methoxy groups -OCH3 is 1. The lowest BCUT2D eigenvalue weighted by Gasteiger charge is -2.47. The highest BCUT2D eigenvalue weighted by Gasteiger charge is 2.32. The van der Waals surface area contributed by atoms with Crippen molar-refractivity contribution in [2.24, 2.45) is 0 Å². The first-order chi connectivity index (χ1) is 11.2. The Morgan fingerprint density at radius 2 is 2.09 bits per heavy atom. The van der Waals surface area contributed by atoms with E-state index in [0.29, 0.717) is 6.04 Å². The van der Waals surface area contributed by atoms with Gasteiger partial charge in [-0.3, -0.25) is 9.80 Å². The number of hydrogen-bond acceptors (Lipinski definition) is 4. The summed E-state index contributed by atoms with van der Waals surface area (Å²) in [6, 6.07) is 7.74. The van der Waals surface area contributed by atoms with Crippen LogP contribution in [0, 0.1) is 6.92 Å². The summed E-state index contributed by atoms with van der Waals surface area (Å²) in [6.45, 7) is 6.73. The molecule has 1 saturated heterocycles. The van der Waals surface area contributed by atoms with Gasteiger partial charge in [-0.05, 0) is 43.4 Å². The summed E-state index contributed by atoms with van der Waals surface area (Å²) in [4.78, 5) is 5.20. The van der Waals surface area contributed by atoms with E-state index in [2.05, 4.69) is 34.9 Å². The molecule has 0 spiro atoms. The summed E-state index contributed by atoms with van der Waals surface area (Å²) in [6.07, 6.45) is 4.99. The van der Waals surface area contributed by atoms with Crippen LogP contribution in [-0.4, -0.2) is 60.3 Å². The Kier molecular flexibility index (Phi) is 5.57. The van der Waals surface area contributed by atoms with Gasteiger partial charge in [-0.25, -0.2) is 0 Å². The Labute approximate surface area is 140 Å². The molecule has 3 rings (SSSR count). The van der Waals surface area contributed by atoms with Crippen molar-refractivity contribution in [3.8, 4) is 5.75 Å². The van der Waals surface area contributed by atoms with E-state index < -0.39 is 0 Å². The Morgan fingerprint density at radius 1 is 1.26 bits per heavy atom. The Balaban J connectivity index is 1.64. The minimum Gasteiger partial charge on any atom is -0.496 e. The van der Waals surface area contributed by atoms with Crippen LogP contribution in [0.25, 0.3) is 0 Å². The van der Waals surface area contributed by atoms with Gasteiger partial charge in [0, 0.05) is 44.9 Å². The number of aliphatic hydroxyl groups excluding tert-OH is 1. The number of rotatable bonds is 6. The molecule has 23 heavy (non-hydrogen) atoms. The molecule has 4 nitrogen and oxygen atoms in total. The first-order valence-corrected chi connectivity index (χ1v) is 8.93. The number of hydrogen-bond donors (Lipinski definition) is 1. The van der Waals surface area contributed by atoms with Crippen molar-refractivity contribution in [3.05, 3.63) is 29.3 Å². The van der Waals surface area contributed by atoms with Gasteiger partial charge in [-0.15, -0.1) is 0 Å². The van der Waals surface area contributed by atoms with Gasteiger partial charge >= 0.3 is 0 Å². The molecule has 2 aliphatic rings. The van der Waals surface area contributed by atoms with Crippen molar-refractivity contribution in [2.75, 3.05) is 33.4 Å². The minimum atomic E-state index is 0.279. The molecule has 0 amide bonds. The highest BCUT2D eigenvalue weighted by atomic mass is 16.5. The number of nitrogens with zero attached hydrogens (tertiary/aromatic N) is 2. The van der Waals surface area contributed by atoms with E-state index >= 15 is 0 Å². The molecule has 0 unspecified atom stereocenters. The third-order valence-electron chi connectivity index (χ3n) is 5.53. The van der Waals surface area contributed by atoms with Gasteiger partial charge in [-0.2, -0.15) is 0 Å². The second-order valence-corrected chi connectivity index (χ2v) is 7.02. The molecule has 128 valence electrons. The summed E-state index contributed by atoms with van der Waals surface area (Å²) in [5.74, 6) is 0.954. The molecule has 1 saturated carbocycles. The van der Waals surface area contributed by atoms with Crippen LogP contribution < -0.4 is 4.74 Å². The Hall–Kier alpha value is -1.10. The van der Waals surface area contributed by atoms with Gasteiger partial charge in [0.1, 0.15) is 5.75 Å². The van der Waals surface area contributed by atoms with Crippen LogP contribution in [0.1, 0.15) is 36.8 Å². The standard InChI is InChI=1S/C19H30N2O2/c1-15-12-16(6-7-19(15)23-2)13-20-9-10-21(17-4-3-5-17)14-18(20)8-11-22/h6-7,12,17-18,22H,3-5,8-11,13-14H2,1-2H3/t18-/m0/s1. The normalized spacial score (nSPS) is 23.7. The Bertz CT molecular complexity index is 516. The fraction of sp³-hybridized carbons (Fsp3) is 0.684. The van der Waals surface area contributed by atoms with Gasteiger partial charge < -0.3 is 9.84 Å². The monoisotopic (exact) mass is 318 g/mol. The topological polar surface area (TPSA) is 35.9 Å². The average molecular weight is 318 g/mol. The lowest BCUT2D eigenvalue weighted by atomic mass is 9.90. The van der Waals surface area contributed by atoms with Gasteiger partial charge in [0.25, 0.3) is 0 Å². The van der Waals surface area contributed by atoms with Crippen LogP contribution in [0.4, 0.5) is 0 Å². The molecule has 1 heterocycles. The third-order valence-corrected chi connectivity index (χ3v) is 5.53. The quantitative estimate of drug-likeness (QED) is 0.874. The summed E-state index contributed by atoms with van der Waals surface area (Å²) in [5, 5.41) is 9.45. The molecule has 2 fully saturated rings. The number of aliphatic hydroxyl groups is 1. The minimum absolute atomic E-state index is 0.279. The predicted molar refractivity (Wildman–Crippen MR) is 92.8 cm³/mol. The lowest BCUT2D eigenvalue weighted by Crippen LogP contribution is -2.57. The van der Waals surface area contributed by atoms with E-state index in [1.165, 1.54) is 36.9 Å². The van der Waals surface area contributed by atoms with Crippen molar-refractivity contribution in [2.45, 2.75) is 51.2 Å². The molecular formula is C19H30N2O2. The second-order valence-electron chi connectivity index (χ2n) is 7.02. The molecule has 0 aromatic heterocycles. The highest BCUT2D eigenvalue weighted by molar-refractivity contribution is 5.36. The molecule has 1 aromatic rings. The maximum absolute atomic E-state index is 9.45. The molecule has 1 aliphatic carbocycles. The number of piperazine rings is 1. The summed E-state index contributed by atoms with van der Waals surface area (Å²) < 4.78 is 5.36. The second kappa shape index (κ2) is 7.65. The first-order valence-electron chi connectivity index (χ1n) is 8.93. The van der Waals surface area contributed by atoms with E-state index in [1.807, 2.05) is 0 Å². The molecule has 0 bridgehead atoms. The van der Waals surface area contributed by atoms with E-state index in [-0.39, 0.29) is 6.61 Å². The molecule has 1 aliphatic heterocycles. The molecule has 4 heteroatoms. The summed E-state index contributed by atoms with van der Waals surface area (Å²) in [5.41, 5.74) is 2.53. The van der Waals surface area contributed by atoms with Gasteiger partial charge in [0.05, 0.1) is 7.11 Å². The number of benzene rings is 1. The Morgan fingerprint density at radius 3 is 2.70 bits per heavy atom. The third kappa shape index (κ3) is 3.87. The van der Waals surface area contributed by atoms with Crippen molar-refractivity contribution >= 4 is 0 Å². The molecule has 0 radical (unpaired) electrons. The SMILES string of the molecule is COc1ccc(CN2CCN(C3CCC3)C[C@@H]2CCO)cc1C. The molecular weight excluding hydrogens is 288 g/mol. The average Bonchev–Trinajstić information content (AvgIpc) is 2.48. The molecule has 1 atom stereocenters. The smallest absolute Gasteiger partial charge is 0.121 e. The van der Waals surface area contributed by atoms with Crippen molar-refractivity contribution < 1.29 is 9.84 Å². The fourth-order valence-corrected chi connectivity index (χ4v) is 3.90. The van der Waals surface area contributed by atoms with E-state index in [9.17, 15) is 5.11 Å². The van der Waals surface area contributed by atoms with E-state index in [0.717, 1.165) is 37.8 Å². The van der Waals surface area contributed by atoms with Crippen LogP contribution in [0.2, 0.25) is 0 Å². The first kappa shape index (κ1) is 16.7. The highest BCUT2D eigenvalue weighted by Crippen LogP contribution is 2.28. The van der Waals surface area contributed by atoms with Crippen LogP contribution in [0.5, 0.6) is 5.75 Å². The molecule has 1 N–H and O–H groups in total. The van der Waals surface area contributed by atoms with Gasteiger partial charge in [0.15, 0.2) is 0 Å². The largest absolute Gasteiger partial charge is 0.496 e. The zero-order valence-corrected chi connectivity index (χ0v) is 14.5. The predicted octanol–water partition coefficient (Wildman–Crippen LogP) is 2.42. The maximum Gasteiger partial charge on any atom is 0.121 e. The van der Waals surface area contributed by atoms with Crippen LogP contribution >= 0.6 is 0 Å². The van der Waals surface area contributed by atoms with Crippen LogP contribution in [0.15, 0.2) is 18.2 Å². The lowest BCUT2D eigenvalue weighted by molar-refractivity contribution is 0.0112. The van der Waals surface area contributed by atoms with E-state index in [1.54, 1.807) is 7.11 Å². The molecule has 1 aromatic carbocycles. The summed E-state index contributed by atoms with van der Waals surface area (Å²) in [7, 11) is 1.72. The zero-order valence-electron chi connectivity index (χ0n) is 14.5. The number of ether oxygens (including phenoxy) is 1. The van der Waals surface area contributed by atoms with Crippen LogP contribution in [0.3, 0.4) is 0 Å².